The van der Waals surface area contributed by atoms with Gasteiger partial charge in [0.25, 0.3) is 0 Å². The number of alkyl halides is 2. The predicted octanol–water partition coefficient (Wildman–Crippen LogP) is 3.52. The zero-order chi connectivity index (χ0) is 10.8. The van der Waals surface area contributed by atoms with Crippen LogP contribution in [0.25, 0.3) is 0 Å². The van der Waals surface area contributed by atoms with Crippen LogP contribution in [0.15, 0.2) is 0 Å². The molecule has 0 saturated carbocycles. The highest BCUT2D eigenvalue weighted by Crippen LogP contribution is 2.12. The van der Waals surface area contributed by atoms with Gasteiger partial charge >= 0.3 is 0 Å². The summed E-state index contributed by atoms with van der Waals surface area (Å²) in [7, 11) is 0. The van der Waals surface area contributed by atoms with Crippen molar-refractivity contribution in [3.63, 3.8) is 0 Å². The van der Waals surface area contributed by atoms with Gasteiger partial charge in [0.15, 0.2) is 5.12 Å². The van der Waals surface area contributed by atoms with Crippen molar-refractivity contribution in [3.8, 4) is 0 Å². The molecule has 0 amide bonds. The van der Waals surface area contributed by atoms with Crippen molar-refractivity contribution in [2.45, 2.75) is 45.2 Å². The minimum absolute atomic E-state index is 0.206. The highest BCUT2D eigenvalue weighted by Gasteiger charge is 2.04. The van der Waals surface area contributed by atoms with Gasteiger partial charge in [0.2, 0.25) is 0 Å². The molecule has 1 nitrogen and oxygen atoms in total. The molecule has 0 rings (SSSR count). The molecule has 0 saturated heterocycles. The Bertz CT molecular complexity index is 153. The first-order valence-corrected chi connectivity index (χ1v) is 6.05. The molecule has 0 radical (unpaired) electrons. The summed E-state index contributed by atoms with van der Waals surface area (Å²) < 4.78 is 24.1. The Morgan fingerprint density at radius 3 is 2.64 bits per heavy atom. The molecule has 0 aliphatic heterocycles. The number of hydrogen-bond acceptors (Lipinski definition) is 2. The number of carbonyl (C=O) groups excluding carboxylic acids is 1. The second-order valence-corrected chi connectivity index (χ2v) is 4.33. The Kier molecular flexibility index (Phi) is 9.35. The first kappa shape index (κ1) is 13.9. The number of hydrogen-bond donors (Lipinski definition) is 0. The third kappa shape index (κ3) is 8.48. The Balaban J connectivity index is 3.10. The van der Waals surface area contributed by atoms with Crippen molar-refractivity contribution < 1.29 is 13.6 Å². The van der Waals surface area contributed by atoms with E-state index < -0.39 is 12.8 Å². The molecule has 1 atom stereocenters. The number of unbranched alkanes of at least 4 members (excludes halogenated alkanes) is 2. The normalized spacial score (nSPS) is 12.8. The molecule has 0 aromatic carbocycles. The maximum atomic E-state index is 12.4. The Morgan fingerprint density at radius 1 is 1.36 bits per heavy atom. The first-order valence-electron chi connectivity index (χ1n) is 5.06. The van der Waals surface area contributed by atoms with Crippen LogP contribution in [-0.4, -0.2) is 23.7 Å². The largest absolute Gasteiger partial charge is 0.287 e. The van der Waals surface area contributed by atoms with Gasteiger partial charge in [-0.1, -0.05) is 31.5 Å². The van der Waals surface area contributed by atoms with E-state index in [-0.39, 0.29) is 5.12 Å². The molecule has 0 aliphatic rings. The van der Waals surface area contributed by atoms with Crippen molar-refractivity contribution in [3.05, 3.63) is 0 Å². The van der Waals surface area contributed by atoms with Gasteiger partial charge in [-0.25, -0.2) is 8.78 Å². The lowest BCUT2D eigenvalue weighted by atomic mass is 10.1. The van der Waals surface area contributed by atoms with Crippen LogP contribution in [0, 0.1) is 0 Å². The van der Waals surface area contributed by atoms with Crippen LogP contribution in [0.5, 0.6) is 0 Å². The second-order valence-electron chi connectivity index (χ2n) is 3.17. The fraction of sp³-hybridized carbons (Fsp3) is 0.900. The molecule has 4 heteroatoms. The predicted molar refractivity (Wildman–Crippen MR) is 57.1 cm³/mol. The third-order valence-electron chi connectivity index (χ3n) is 1.88. The third-order valence-corrected chi connectivity index (χ3v) is 2.98. The average Bonchev–Trinajstić information content (AvgIpc) is 2.22. The molecule has 0 spiro atoms. The topological polar surface area (TPSA) is 17.1 Å². The van der Waals surface area contributed by atoms with Crippen molar-refractivity contribution in [1.82, 2.24) is 0 Å². The van der Waals surface area contributed by atoms with Gasteiger partial charge in [0.1, 0.15) is 12.8 Å². The molecule has 84 valence electrons. The van der Waals surface area contributed by atoms with Crippen molar-refractivity contribution in [2.75, 3.05) is 12.4 Å². The van der Waals surface area contributed by atoms with Crippen LogP contribution in [0.4, 0.5) is 8.78 Å². The standard InChI is InChI=1S/C10H18F2OS/c1-2-10(13)14-7-5-3-4-6-9(12)8-11/h9H,2-8H2,1H3. The maximum absolute atomic E-state index is 12.4. The molecule has 0 aromatic heterocycles. The summed E-state index contributed by atoms with van der Waals surface area (Å²) >= 11 is 1.33. The Morgan fingerprint density at radius 2 is 2.07 bits per heavy atom. The van der Waals surface area contributed by atoms with Crippen molar-refractivity contribution in [2.24, 2.45) is 0 Å². The zero-order valence-electron chi connectivity index (χ0n) is 8.60. The van der Waals surface area contributed by atoms with Crippen LogP contribution < -0.4 is 0 Å². The molecule has 1 unspecified atom stereocenters. The summed E-state index contributed by atoms with van der Waals surface area (Å²) in [6.45, 7) is 0.966. The van der Waals surface area contributed by atoms with E-state index in [1.807, 2.05) is 6.92 Å². The van der Waals surface area contributed by atoms with Crippen LogP contribution in [0.3, 0.4) is 0 Å². The summed E-state index contributed by atoms with van der Waals surface area (Å²) in [5, 5.41) is 0.206. The van der Waals surface area contributed by atoms with Gasteiger partial charge in [0.05, 0.1) is 0 Å². The smallest absolute Gasteiger partial charge is 0.188 e. The fourth-order valence-electron chi connectivity index (χ4n) is 1.01. The number of carbonyl (C=O) groups is 1. The Labute approximate surface area is 88.6 Å². The van der Waals surface area contributed by atoms with E-state index in [0.29, 0.717) is 19.3 Å². The quantitative estimate of drug-likeness (QED) is 0.587. The second kappa shape index (κ2) is 9.44. The highest BCUT2D eigenvalue weighted by atomic mass is 32.2. The molecule has 0 aliphatic carbocycles. The van der Waals surface area contributed by atoms with Gasteiger partial charge in [-0.2, -0.15) is 0 Å². The Hall–Kier alpha value is -0.120. The number of halogens is 2. The maximum Gasteiger partial charge on any atom is 0.188 e. The summed E-state index contributed by atoms with van der Waals surface area (Å²) in [5.41, 5.74) is 0. The minimum atomic E-state index is -1.29. The monoisotopic (exact) mass is 224 g/mol. The number of rotatable bonds is 8. The molecule has 0 aromatic rings. The van der Waals surface area contributed by atoms with E-state index in [2.05, 4.69) is 0 Å². The molecule has 0 heterocycles. The van der Waals surface area contributed by atoms with E-state index in [1.54, 1.807) is 0 Å². The molecule has 0 fully saturated rings. The molecular weight excluding hydrogens is 206 g/mol. The van der Waals surface area contributed by atoms with E-state index in [0.717, 1.165) is 18.6 Å². The highest BCUT2D eigenvalue weighted by molar-refractivity contribution is 8.13. The lowest BCUT2D eigenvalue weighted by molar-refractivity contribution is -0.110. The van der Waals surface area contributed by atoms with Gasteiger partial charge in [-0.05, 0) is 12.8 Å². The summed E-state index contributed by atoms with van der Waals surface area (Å²) in [6, 6.07) is 0. The van der Waals surface area contributed by atoms with Crippen LogP contribution in [0.2, 0.25) is 0 Å². The zero-order valence-corrected chi connectivity index (χ0v) is 9.42. The van der Waals surface area contributed by atoms with Crippen molar-refractivity contribution >= 4 is 16.9 Å². The fourth-order valence-corrected chi connectivity index (χ4v) is 1.79. The minimum Gasteiger partial charge on any atom is -0.287 e. The van der Waals surface area contributed by atoms with Gasteiger partial charge < -0.3 is 0 Å². The lowest BCUT2D eigenvalue weighted by Crippen LogP contribution is -2.01. The van der Waals surface area contributed by atoms with E-state index in [1.165, 1.54) is 11.8 Å². The van der Waals surface area contributed by atoms with Gasteiger partial charge in [-0.3, -0.25) is 4.79 Å². The summed E-state index contributed by atoms with van der Waals surface area (Å²) in [6.07, 6.45) is 2.09. The molecular formula is C10H18F2OS. The van der Waals surface area contributed by atoms with E-state index in [9.17, 15) is 13.6 Å². The van der Waals surface area contributed by atoms with Crippen LogP contribution in [0.1, 0.15) is 39.0 Å². The van der Waals surface area contributed by atoms with Gasteiger partial charge in [-0.15, -0.1) is 0 Å². The van der Waals surface area contributed by atoms with Gasteiger partial charge in [0, 0.05) is 12.2 Å². The summed E-state index contributed by atoms with van der Waals surface area (Å²) in [4.78, 5) is 10.9. The van der Waals surface area contributed by atoms with Crippen LogP contribution >= 0.6 is 11.8 Å². The van der Waals surface area contributed by atoms with E-state index in [4.69, 9.17) is 0 Å². The molecule has 0 bridgehead atoms. The first-order chi connectivity index (χ1) is 6.70. The number of thioether (sulfide) groups is 1. The average molecular weight is 224 g/mol. The van der Waals surface area contributed by atoms with E-state index >= 15 is 0 Å². The lowest BCUT2D eigenvalue weighted by Gasteiger charge is -2.02. The SMILES string of the molecule is CCC(=O)SCCCCCC(F)CF. The van der Waals surface area contributed by atoms with Crippen LogP contribution in [-0.2, 0) is 4.79 Å². The molecule has 14 heavy (non-hydrogen) atoms. The summed E-state index contributed by atoms with van der Waals surface area (Å²) in [5.74, 6) is 0.805. The molecule has 0 N–H and O–H groups in total. The van der Waals surface area contributed by atoms with Crippen molar-refractivity contribution in [1.29, 1.82) is 0 Å².